The molecule has 0 bridgehead atoms. The van der Waals surface area contributed by atoms with Gasteiger partial charge in [0.05, 0.1) is 17.7 Å². The van der Waals surface area contributed by atoms with Crippen LogP contribution < -0.4 is 21.5 Å². The van der Waals surface area contributed by atoms with E-state index in [-0.39, 0.29) is 23.4 Å². The first-order valence-electron chi connectivity index (χ1n) is 7.43. The Morgan fingerprint density at radius 2 is 1.96 bits per heavy atom. The molecule has 130 valence electrons. The van der Waals surface area contributed by atoms with E-state index in [9.17, 15) is 4.79 Å². The number of nitrogens with one attached hydrogen (secondary N) is 1. The lowest BCUT2D eigenvalue weighted by Gasteiger charge is -2.05. The SMILES string of the molecule is COCCOc1nc(N)c2c(N)c(C(=O)Nc3ccccc3)sc2n1. The molecule has 2 heterocycles. The van der Waals surface area contributed by atoms with Gasteiger partial charge in [0.2, 0.25) is 0 Å². The molecule has 0 saturated heterocycles. The highest BCUT2D eigenvalue weighted by atomic mass is 32.1. The number of nitrogens with zero attached hydrogens (tertiary/aromatic N) is 2. The number of rotatable bonds is 6. The summed E-state index contributed by atoms with van der Waals surface area (Å²) in [4.78, 5) is 21.7. The van der Waals surface area contributed by atoms with Crippen molar-refractivity contribution in [2.45, 2.75) is 0 Å². The van der Waals surface area contributed by atoms with Crippen molar-refractivity contribution in [3.8, 4) is 6.01 Å². The van der Waals surface area contributed by atoms with Gasteiger partial charge < -0.3 is 26.3 Å². The third kappa shape index (κ3) is 3.62. The van der Waals surface area contributed by atoms with Gasteiger partial charge in [0.1, 0.15) is 22.1 Å². The van der Waals surface area contributed by atoms with Crippen molar-refractivity contribution in [1.29, 1.82) is 0 Å². The van der Waals surface area contributed by atoms with Crippen molar-refractivity contribution in [2.24, 2.45) is 0 Å². The Hall–Kier alpha value is -2.91. The number of methoxy groups -OCH3 is 1. The molecular formula is C16H17N5O3S. The van der Waals surface area contributed by atoms with Gasteiger partial charge in [0.15, 0.2) is 0 Å². The smallest absolute Gasteiger partial charge is 0.319 e. The van der Waals surface area contributed by atoms with E-state index in [0.717, 1.165) is 11.3 Å². The molecule has 0 saturated carbocycles. The number of amides is 1. The fourth-order valence-electron chi connectivity index (χ4n) is 2.19. The molecule has 3 rings (SSSR count). The maximum Gasteiger partial charge on any atom is 0.319 e. The summed E-state index contributed by atoms with van der Waals surface area (Å²) >= 11 is 1.14. The molecule has 8 nitrogen and oxygen atoms in total. The Bertz CT molecular complexity index is 898. The van der Waals surface area contributed by atoms with Gasteiger partial charge in [-0.25, -0.2) is 0 Å². The lowest BCUT2D eigenvalue weighted by molar-refractivity contribution is 0.103. The molecule has 5 N–H and O–H groups in total. The number of para-hydroxylation sites is 1. The van der Waals surface area contributed by atoms with Crippen molar-refractivity contribution in [3.05, 3.63) is 35.2 Å². The van der Waals surface area contributed by atoms with Crippen LogP contribution in [0.3, 0.4) is 0 Å². The fourth-order valence-corrected chi connectivity index (χ4v) is 3.18. The Kier molecular flexibility index (Phi) is 4.96. The third-order valence-electron chi connectivity index (χ3n) is 3.35. The molecule has 1 amide bonds. The van der Waals surface area contributed by atoms with Crippen LogP contribution in [-0.2, 0) is 4.74 Å². The summed E-state index contributed by atoms with van der Waals surface area (Å²) in [7, 11) is 1.57. The van der Waals surface area contributed by atoms with Crippen molar-refractivity contribution in [2.75, 3.05) is 37.1 Å². The number of hydrogen-bond donors (Lipinski definition) is 3. The molecule has 0 aliphatic carbocycles. The molecule has 0 unspecified atom stereocenters. The van der Waals surface area contributed by atoms with Crippen molar-refractivity contribution >= 4 is 44.7 Å². The second-order valence-corrected chi connectivity index (χ2v) is 6.08. The number of hydrogen-bond acceptors (Lipinski definition) is 8. The maximum atomic E-state index is 12.5. The van der Waals surface area contributed by atoms with Crippen LogP contribution in [0.15, 0.2) is 30.3 Å². The number of nitrogens with two attached hydrogens (primary N) is 2. The monoisotopic (exact) mass is 359 g/mol. The van der Waals surface area contributed by atoms with E-state index < -0.39 is 0 Å². The van der Waals surface area contributed by atoms with Gasteiger partial charge in [-0.1, -0.05) is 18.2 Å². The van der Waals surface area contributed by atoms with E-state index in [1.165, 1.54) is 0 Å². The minimum absolute atomic E-state index is 0.123. The average molecular weight is 359 g/mol. The third-order valence-corrected chi connectivity index (χ3v) is 4.45. The summed E-state index contributed by atoms with van der Waals surface area (Å²) in [5, 5.41) is 3.25. The summed E-state index contributed by atoms with van der Waals surface area (Å²) in [5.41, 5.74) is 13.0. The zero-order valence-corrected chi connectivity index (χ0v) is 14.3. The zero-order chi connectivity index (χ0) is 17.8. The van der Waals surface area contributed by atoms with E-state index in [2.05, 4.69) is 15.3 Å². The van der Waals surface area contributed by atoms with Gasteiger partial charge in [0.25, 0.3) is 5.91 Å². The molecule has 0 radical (unpaired) electrons. The van der Waals surface area contributed by atoms with E-state index in [0.29, 0.717) is 34.0 Å². The van der Waals surface area contributed by atoms with Gasteiger partial charge >= 0.3 is 6.01 Å². The standard InChI is InChI=1S/C16H17N5O3S/c1-23-7-8-24-16-20-13(18)10-11(17)12(25-15(10)21-16)14(22)19-9-5-3-2-4-6-9/h2-6H,7-8,17H2,1H3,(H,19,22)(H2,18,20,21). The first-order chi connectivity index (χ1) is 12.1. The van der Waals surface area contributed by atoms with Crippen molar-refractivity contribution in [3.63, 3.8) is 0 Å². The Balaban J connectivity index is 1.90. The van der Waals surface area contributed by atoms with Crippen LogP contribution in [0.1, 0.15) is 9.67 Å². The normalized spacial score (nSPS) is 10.8. The van der Waals surface area contributed by atoms with Gasteiger partial charge in [0, 0.05) is 12.8 Å². The number of aromatic nitrogens is 2. The zero-order valence-electron chi connectivity index (χ0n) is 13.5. The Morgan fingerprint density at radius 3 is 2.68 bits per heavy atom. The Labute approximate surface area is 147 Å². The summed E-state index contributed by atoms with van der Waals surface area (Å²) < 4.78 is 10.3. The van der Waals surface area contributed by atoms with Gasteiger partial charge in [-0.15, -0.1) is 11.3 Å². The second-order valence-electron chi connectivity index (χ2n) is 5.08. The summed E-state index contributed by atoms with van der Waals surface area (Å²) in [6, 6.07) is 9.23. The van der Waals surface area contributed by atoms with Crippen LogP contribution in [0.4, 0.5) is 17.2 Å². The van der Waals surface area contributed by atoms with Crippen LogP contribution in [0.25, 0.3) is 10.2 Å². The summed E-state index contributed by atoms with van der Waals surface area (Å²) in [6.45, 7) is 0.697. The van der Waals surface area contributed by atoms with E-state index in [1.54, 1.807) is 19.2 Å². The maximum absolute atomic E-state index is 12.5. The first kappa shape index (κ1) is 16.9. The molecule has 0 spiro atoms. The molecule has 0 atom stereocenters. The molecule has 1 aromatic carbocycles. The highest BCUT2D eigenvalue weighted by Gasteiger charge is 2.21. The van der Waals surface area contributed by atoms with Crippen LogP contribution in [0.2, 0.25) is 0 Å². The Morgan fingerprint density at radius 1 is 1.20 bits per heavy atom. The fraction of sp³-hybridized carbons (Fsp3) is 0.188. The quantitative estimate of drug-likeness (QED) is 0.576. The van der Waals surface area contributed by atoms with Crippen molar-refractivity contribution in [1.82, 2.24) is 9.97 Å². The minimum Gasteiger partial charge on any atom is -0.461 e. The van der Waals surface area contributed by atoms with E-state index in [1.807, 2.05) is 18.2 Å². The molecule has 0 aliphatic heterocycles. The van der Waals surface area contributed by atoms with Gasteiger partial charge in [-0.2, -0.15) is 9.97 Å². The number of carbonyl (C=O) groups excluding carboxylic acids is 1. The van der Waals surface area contributed by atoms with Gasteiger partial charge in [-0.05, 0) is 12.1 Å². The number of carbonyl (C=O) groups is 1. The molecule has 9 heteroatoms. The lowest BCUT2D eigenvalue weighted by Crippen LogP contribution is -2.11. The highest BCUT2D eigenvalue weighted by Crippen LogP contribution is 2.36. The molecule has 3 aromatic rings. The average Bonchev–Trinajstić information content (AvgIpc) is 2.93. The number of fused-ring (bicyclic) bond motifs is 1. The molecular weight excluding hydrogens is 342 g/mol. The number of nitrogen functional groups attached to an aromatic ring is 2. The summed E-state index contributed by atoms with van der Waals surface area (Å²) in [6.07, 6.45) is 0. The number of thiophene rings is 1. The number of benzene rings is 1. The molecule has 0 aliphatic rings. The van der Waals surface area contributed by atoms with Crippen LogP contribution in [0, 0.1) is 0 Å². The van der Waals surface area contributed by atoms with Crippen LogP contribution in [-0.4, -0.2) is 36.2 Å². The predicted octanol–water partition coefficient (Wildman–Crippen LogP) is 2.13. The molecule has 0 fully saturated rings. The van der Waals surface area contributed by atoms with E-state index in [4.69, 9.17) is 20.9 Å². The second kappa shape index (κ2) is 7.32. The minimum atomic E-state index is -0.326. The molecule has 25 heavy (non-hydrogen) atoms. The lowest BCUT2D eigenvalue weighted by atomic mass is 10.2. The number of ether oxygens (including phenoxy) is 2. The summed E-state index contributed by atoms with van der Waals surface area (Å²) in [5.74, 6) is -0.155. The highest BCUT2D eigenvalue weighted by molar-refractivity contribution is 7.21. The van der Waals surface area contributed by atoms with Crippen LogP contribution in [0.5, 0.6) is 6.01 Å². The first-order valence-corrected chi connectivity index (χ1v) is 8.25. The molecule has 2 aromatic heterocycles. The number of anilines is 3. The topological polar surface area (TPSA) is 125 Å². The van der Waals surface area contributed by atoms with Crippen LogP contribution >= 0.6 is 11.3 Å². The van der Waals surface area contributed by atoms with Crippen molar-refractivity contribution < 1.29 is 14.3 Å². The largest absolute Gasteiger partial charge is 0.461 e. The van der Waals surface area contributed by atoms with Gasteiger partial charge in [-0.3, -0.25) is 4.79 Å². The van der Waals surface area contributed by atoms with E-state index >= 15 is 0 Å². The predicted molar refractivity (Wildman–Crippen MR) is 98.0 cm³/mol.